The van der Waals surface area contributed by atoms with Crippen molar-refractivity contribution < 1.29 is 18.3 Å². The molecule has 1 atom stereocenters. The quantitative estimate of drug-likeness (QED) is 0.818. The summed E-state index contributed by atoms with van der Waals surface area (Å²) in [6.07, 6.45) is 0.950. The molecule has 1 fully saturated rings. The Morgan fingerprint density at radius 1 is 1.32 bits per heavy atom. The summed E-state index contributed by atoms with van der Waals surface area (Å²) in [7, 11) is 1.59. The van der Waals surface area contributed by atoms with E-state index in [0.717, 1.165) is 6.07 Å². The summed E-state index contributed by atoms with van der Waals surface area (Å²) in [6, 6.07) is 3.50. The molecule has 1 aliphatic rings. The Hall–Kier alpha value is -1.49. The first-order chi connectivity index (χ1) is 9.08. The molecule has 1 aromatic rings. The minimum absolute atomic E-state index is 0.0823. The molecule has 0 radical (unpaired) electrons. The average Bonchev–Trinajstić information content (AvgIpc) is 2.65. The van der Waals surface area contributed by atoms with Gasteiger partial charge in [-0.05, 0) is 30.0 Å². The highest BCUT2D eigenvalue weighted by atomic mass is 19.1. The van der Waals surface area contributed by atoms with Crippen LogP contribution in [0.1, 0.15) is 12.0 Å². The van der Waals surface area contributed by atoms with Gasteiger partial charge in [0, 0.05) is 32.7 Å². The van der Waals surface area contributed by atoms with Crippen molar-refractivity contribution in [2.75, 3.05) is 26.8 Å². The van der Waals surface area contributed by atoms with E-state index in [2.05, 4.69) is 0 Å². The maximum Gasteiger partial charge on any atom is 0.223 e. The monoisotopic (exact) mass is 269 g/mol. The minimum Gasteiger partial charge on any atom is -0.383 e. The molecule has 1 aliphatic heterocycles. The van der Waals surface area contributed by atoms with Crippen LogP contribution in [0.5, 0.6) is 0 Å². The number of nitrogens with zero attached hydrogens (tertiary/aromatic N) is 1. The molecule has 0 spiro atoms. The van der Waals surface area contributed by atoms with Crippen molar-refractivity contribution in [1.29, 1.82) is 0 Å². The lowest BCUT2D eigenvalue weighted by Crippen LogP contribution is -2.28. The molecule has 104 valence electrons. The molecular formula is C14H17F2NO2. The van der Waals surface area contributed by atoms with Crippen molar-refractivity contribution in [2.45, 2.75) is 12.8 Å². The Kier molecular flexibility index (Phi) is 4.47. The summed E-state index contributed by atoms with van der Waals surface area (Å²) in [5.41, 5.74) is 0.601. The van der Waals surface area contributed by atoms with Gasteiger partial charge in [-0.3, -0.25) is 4.79 Å². The number of halogens is 2. The van der Waals surface area contributed by atoms with E-state index in [1.165, 1.54) is 12.1 Å². The van der Waals surface area contributed by atoms with E-state index in [0.29, 0.717) is 38.1 Å². The molecule has 0 unspecified atom stereocenters. The maximum atomic E-state index is 13.1. The standard InChI is InChI=1S/C14H17F2NO2/c1-19-3-2-17-9-11(7-14(17)18)4-10-5-12(15)8-13(16)6-10/h5-6,8,11H,2-4,7,9H2,1H3/t11-/m1/s1. The molecule has 1 saturated heterocycles. The summed E-state index contributed by atoms with van der Waals surface area (Å²) >= 11 is 0. The first-order valence-corrected chi connectivity index (χ1v) is 6.30. The van der Waals surface area contributed by atoms with E-state index in [-0.39, 0.29) is 11.8 Å². The second-order valence-electron chi connectivity index (χ2n) is 4.88. The number of ether oxygens (including phenoxy) is 1. The van der Waals surface area contributed by atoms with Crippen LogP contribution in [-0.2, 0) is 16.0 Å². The van der Waals surface area contributed by atoms with Gasteiger partial charge in [0.05, 0.1) is 6.61 Å². The molecule has 0 aromatic heterocycles. The predicted molar refractivity (Wildman–Crippen MR) is 66.6 cm³/mol. The average molecular weight is 269 g/mol. The number of likely N-dealkylation sites (tertiary alicyclic amines) is 1. The van der Waals surface area contributed by atoms with Gasteiger partial charge in [-0.1, -0.05) is 0 Å². The molecule has 5 heteroatoms. The van der Waals surface area contributed by atoms with Gasteiger partial charge in [-0.15, -0.1) is 0 Å². The number of methoxy groups -OCH3 is 1. The number of carbonyl (C=O) groups excluding carboxylic acids is 1. The summed E-state index contributed by atoms with van der Waals surface area (Å²) in [5, 5.41) is 0. The van der Waals surface area contributed by atoms with E-state index in [1.54, 1.807) is 12.0 Å². The second kappa shape index (κ2) is 6.10. The fraction of sp³-hybridized carbons (Fsp3) is 0.500. The summed E-state index contributed by atoms with van der Waals surface area (Å²) in [4.78, 5) is 13.5. The van der Waals surface area contributed by atoms with Crippen LogP contribution in [0.4, 0.5) is 8.78 Å². The van der Waals surface area contributed by atoms with Gasteiger partial charge in [-0.2, -0.15) is 0 Å². The van der Waals surface area contributed by atoms with Crippen molar-refractivity contribution in [3.63, 3.8) is 0 Å². The van der Waals surface area contributed by atoms with Gasteiger partial charge >= 0.3 is 0 Å². The van der Waals surface area contributed by atoms with Crippen LogP contribution < -0.4 is 0 Å². The molecule has 1 heterocycles. The molecule has 1 amide bonds. The van der Waals surface area contributed by atoms with Crippen molar-refractivity contribution >= 4 is 5.91 Å². The third kappa shape index (κ3) is 3.73. The first kappa shape index (κ1) is 13.9. The first-order valence-electron chi connectivity index (χ1n) is 6.30. The lowest BCUT2D eigenvalue weighted by molar-refractivity contribution is -0.128. The highest BCUT2D eigenvalue weighted by Gasteiger charge is 2.29. The van der Waals surface area contributed by atoms with Crippen LogP contribution in [0.2, 0.25) is 0 Å². The maximum absolute atomic E-state index is 13.1. The van der Waals surface area contributed by atoms with Crippen molar-refractivity contribution in [1.82, 2.24) is 4.90 Å². The zero-order valence-electron chi connectivity index (χ0n) is 10.9. The van der Waals surface area contributed by atoms with Gasteiger partial charge < -0.3 is 9.64 Å². The molecule has 2 rings (SSSR count). The van der Waals surface area contributed by atoms with E-state index < -0.39 is 11.6 Å². The summed E-state index contributed by atoms with van der Waals surface area (Å²) in [5.74, 6) is -0.949. The largest absolute Gasteiger partial charge is 0.383 e. The SMILES string of the molecule is COCCN1C[C@H](Cc2cc(F)cc(F)c2)CC1=O. The number of hydrogen-bond donors (Lipinski definition) is 0. The third-order valence-electron chi connectivity index (χ3n) is 3.31. The Morgan fingerprint density at radius 3 is 2.63 bits per heavy atom. The smallest absolute Gasteiger partial charge is 0.223 e. The highest BCUT2D eigenvalue weighted by Crippen LogP contribution is 2.22. The predicted octanol–water partition coefficient (Wildman–Crippen LogP) is 2.00. The molecule has 0 bridgehead atoms. The van der Waals surface area contributed by atoms with E-state index in [1.807, 2.05) is 0 Å². The van der Waals surface area contributed by atoms with Crippen molar-refractivity contribution in [2.24, 2.45) is 5.92 Å². The fourth-order valence-corrected chi connectivity index (χ4v) is 2.47. The van der Waals surface area contributed by atoms with Crippen LogP contribution in [0, 0.1) is 17.6 Å². The lowest BCUT2D eigenvalue weighted by atomic mass is 9.98. The lowest BCUT2D eigenvalue weighted by Gasteiger charge is -2.16. The fourth-order valence-electron chi connectivity index (χ4n) is 2.47. The summed E-state index contributed by atoms with van der Waals surface area (Å²) < 4.78 is 31.1. The molecule has 19 heavy (non-hydrogen) atoms. The molecular weight excluding hydrogens is 252 g/mol. The Balaban J connectivity index is 1.95. The summed E-state index contributed by atoms with van der Waals surface area (Å²) in [6.45, 7) is 1.71. The number of hydrogen-bond acceptors (Lipinski definition) is 2. The topological polar surface area (TPSA) is 29.5 Å². The zero-order chi connectivity index (χ0) is 13.8. The Morgan fingerprint density at radius 2 is 2.00 bits per heavy atom. The van der Waals surface area contributed by atoms with Crippen LogP contribution >= 0.6 is 0 Å². The molecule has 3 nitrogen and oxygen atoms in total. The minimum atomic E-state index is -0.574. The van der Waals surface area contributed by atoms with Gasteiger partial charge in [0.1, 0.15) is 11.6 Å². The second-order valence-corrected chi connectivity index (χ2v) is 4.88. The molecule has 1 aromatic carbocycles. The number of carbonyl (C=O) groups is 1. The molecule has 0 aliphatic carbocycles. The van der Waals surface area contributed by atoms with Crippen LogP contribution in [-0.4, -0.2) is 37.6 Å². The van der Waals surface area contributed by atoms with E-state index >= 15 is 0 Å². The number of rotatable bonds is 5. The van der Waals surface area contributed by atoms with Crippen molar-refractivity contribution in [3.8, 4) is 0 Å². The van der Waals surface area contributed by atoms with Gasteiger partial charge in [-0.25, -0.2) is 8.78 Å². The van der Waals surface area contributed by atoms with Crippen LogP contribution in [0.3, 0.4) is 0 Å². The van der Waals surface area contributed by atoms with Crippen LogP contribution in [0.25, 0.3) is 0 Å². The Bertz CT molecular complexity index is 445. The normalized spacial score (nSPS) is 19.2. The Labute approximate surface area is 111 Å². The highest BCUT2D eigenvalue weighted by molar-refractivity contribution is 5.78. The van der Waals surface area contributed by atoms with E-state index in [4.69, 9.17) is 4.74 Å². The zero-order valence-corrected chi connectivity index (χ0v) is 10.9. The molecule has 0 saturated carbocycles. The molecule has 0 N–H and O–H groups in total. The van der Waals surface area contributed by atoms with Crippen molar-refractivity contribution in [3.05, 3.63) is 35.4 Å². The third-order valence-corrected chi connectivity index (χ3v) is 3.31. The van der Waals surface area contributed by atoms with Gasteiger partial charge in [0.15, 0.2) is 0 Å². The van der Waals surface area contributed by atoms with E-state index in [9.17, 15) is 13.6 Å². The number of amides is 1. The van der Waals surface area contributed by atoms with Gasteiger partial charge in [0.2, 0.25) is 5.91 Å². The van der Waals surface area contributed by atoms with Crippen LogP contribution in [0.15, 0.2) is 18.2 Å². The van der Waals surface area contributed by atoms with Gasteiger partial charge in [0.25, 0.3) is 0 Å². The number of benzene rings is 1.